The van der Waals surface area contributed by atoms with Crippen LogP contribution in [0.15, 0.2) is 91.1 Å². The number of nitrogens with two attached hydrogens (primary N) is 2. The molecular formula is C38H41Cl2FN4O2. The highest BCUT2D eigenvalue weighted by molar-refractivity contribution is 6.30. The van der Waals surface area contributed by atoms with E-state index in [0.717, 1.165) is 36.8 Å². The SMILES string of the molecule is CC1(C)CCC2(CC1)N1[C@H](c3ccccc3)[C@H](c3ccccc3)OCOC[C@H]1[C@H](c1cccc(Cl)c1F)[C@]2(N)c1cnc(Cl)cc1N. The Balaban J connectivity index is 1.58. The molecule has 2 aliphatic heterocycles. The molecule has 5 atom stereocenters. The zero-order valence-corrected chi connectivity index (χ0v) is 28.2. The van der Waals surface area contributed by atoms with Crippen LogP contribution in [-0.4, -0.2) is 34.9 Å². The second-order valence-electron chi connectivity index (χ2n) is 14.1. The number of halogens is 3. The summed E-state index contributed by atoms with van der Waals surface area (Å²) in [6.45, 7) is 4.93. The second-order valence-corrected chi connectivity index (χ2v) is 14.9. The first-order valence-electron chi connectivity index (χ1n) is 16.3. The first-order valence-corrected chi connectivity index (χ1v) is 17.0. The minimum atomic E-state index is -1.23. The Morgan fingerprint density at radius 2 is 1.55 bits per heavy atom. The van der Waals surface area contributed by atoms with E-state index in [1.165, 1.54) is 0 Å². The molecule has 4 aromatic rings. The quantitative estimate of drug-likeness (QED) is 0.211. The highest BCUT2D eigenvalue weighted by Crippen LogP contribution is 2.66. The predicted octanol–water partition coefficient (Wildman–Crippen LogP) is 8.56. The first kappa shape index (κ1) is 32.5. The van der Waals surface area contributed by atoms with E-state index in [1.54, 1.807) is 30.5 Å². The van der Waals surface area contributed by atoms with Crippen molar-refractivity contribution in [2.75, 3.05) is 19.1 Å². The van der Waals surface area contributed by atoms with Gasteiger partial charge in [-0.25, -0.2) is 9.37 Å². The lowest BCUT2D eigenvalue weighted by atomic mass is 9.57. The minimum absolute atomic E-state index is 0.0428. The molecule has 0 unspecified atom stereocenters. The predicted molar refractivity (Wildman–Crippen MR) is 185 cm³/mol. The molecule has 4 N–H and O–H groups in total. The normalized spacial score (nSPS) is 28.8. The van der Waals surface area contributed by atoms with Gasteiger partial charge in [0.15, 0.2) is 0 Å². The van der Waals surface area contributed by atoms with E-state index in [-0.39, 0.29) is 41.1 Å². The van der Waals surface area contributed by atoms with Gasteiger partial charge in [-0.15, -0.1) is 0 Å². The van der Waals surface area contributed by atoms with Gasteiger partial charge in [0.2, 0.25) is 0 Å². The number of benzene rings is 3. The standard InChI is InChI=1S/C38H41Cl2FN4O2/c1-36(2)16-18-37(19-17-36)38(43,27-21-44-31(40)20-29(27)42)32(26-14-9-15-28(39)33(26)41)30-22-46-23-47-35(25-12-7-4-8-13-25)34(45(30)37)24-10-5-3-6-11-24/h3-15,20-21,30,32,34-35H,16-19,22-23,43H2,1-2H3,(H2,42,44)/t30-,32-,34+,35-,38+/m0/s1. The fourth-order valence-corrected chi connectivity index (χ4v) is 9.15. The molecule has 1 saturated carbocycles. The summed E-state index contributed by atoms with van der Waals surface area (Å²) in [7, 11) is 0. The van der Waals surface area contributed by atoms with Crippen molar-refractivity contribution in [2.24, 2.45) is 11.1 Å². The van der Waals surface area contributed by atoms with E-state index >= 15 is 4.39 Å². The van der Waals surface area contributed by atoms with Gasteiger partial charge in [-0.1, -0.05) is 110 Å². The number of ether oxygens (including phenoxy) is 2. The van der Waals surface area contributed by atoms with Gasteiger partial charge < -0.3 is 20.9 Å². The molecule has 7 rings (SSSR count). The number of rotatable bonds is 4. The van der Waals surface area contributed by atoms with E-state index in [4.69, 9.17) is 44.1 Å². The molecule has 3 aliphatic rings. The van der Waals surface area contributed by atoms with Crippen LogP contribution in [0.1, 0.15) is 79.8 Å². The fraction of sp³-hybridized carbons (Fsp3) is 0.395. The third-order valence-corrected chi connectivity index (χ3v) is 11.6. The van der Waals surface area contributed by atoms with Crippen LogP contribution in [0.4, 0.5) is 10.1 Å². The van der Waals surface area contributed by atoms with Crippen LogP contribution in [0.3, 0.4) is 0 Å². The lowest BCUT2D eigenvalue weighted by Crippen LogP contribution is -2.65. The maximum Gasteiger partial charge on any atom is 0.147 e. The van der Waals surface area contributed by atoms with Crippen LogP contribution in [0.2, 0.25) is 10.2 Å². The van der Waals surface area contributed by atoms with Crippen molar-refractivity contribution < 1.29 is 13.9 Å². The van der Waals surface area contributed by atoms with Crippen LogP contribution in [0, 0.1) is 11.2 Å². The Morgan fingerprint density at radius 1 is 0.894 bits per heavy atom. The highest BCUT2D eigenvalue weighted by Gasteiger charge is 2.70. The third kappa shape index (κ3) is 5.36. The lowest BCUT2D eigenvalue weighted by Gasteiger charge is -2.57. The van der Waals surface area contributed by atoms with Crippen molar-refractivity contribution in [3.8, 4) is 0 Å². The molecule has 2 saturated heterocycles. The summed E-state index contributed by atoms with van der Waals surface area (Å²) >= 11 is 12.9. The summed E-state index contributed by atoms with van der Waals surface area (Å²) in [4.78, 5) is 7.04. The van der Waals surface area contributed by atoms with Gasteiger partial charge in [-0.2, -0.15) is 0 Å². The Hall–Kier alpha value is -3.04. The first-order chi connectivity index (χ1) is 22.6. The smallest absolute Gasteiger partial charge is 0.147 e. The third-order valence-electron chi connectivity index (χ3n) is 11.1. The summed E-state index contributed by atoms with van der Waals surface area (Å²) < 4.78 is 29.5. The van der Waals surface area contributed by atoms with Crippen LogP contribution in [-0.2, 0) is 15.0 Å². The van der Waals surface area contributed by atoms with Gasteiger partial charge in [-0.3, -0.25) is 4.90 Å². The molecule has 9 heteroatoms. The van der Waals surface area contributed by atoms with Crippen LogP contribution < -0.4 is 11.5 Å². The molecule has 1 spiro atoms. The number of pyridine rings is 1. The number of fused-ring (bicyclic) bond motifs is 2. The fourth-order valence-electron chi connectivity index (χ4n) is 8.80. The topological polar surface area (TPSA) is 86.6 Å². The molecule has 0 radical (unpaired) electrons. The number of hydrogen-bond donors (Lipinski definition) is 2. The molecule has 246 valence electrons. The monoisotopic (exact) mass is 674 g/mol. The number of aromatic nitrogens is 1. The second kappa shape index (κ2) is 12.4. The van der Waals surface area contributed by atoms with Gasteiger partial charge in [0.05, 0.1) is 23.2 Å². The van der Waals surface area contributed by atoms with E-state index in [2.05, 4.69) is 60.1 Å². The average Bonchev–Trinajstić information content (AvgIpc) is 3.24. The molecule has 3 aromatic carbocycles. The Bertz CT molecular complexity index is 1730. The number of hydrogen-bond acceptors (Lipinski definition) is 6. The van der Waals surface area contributed by atoms with Crippen LogP contribution in [0.25, 0.3) is 0 Å². The molecule has 47 heavy (non-hydrogen) atoms. The van der Waals surface area contributed by atoms with E-state index in [1.807, 2.05) is 24.3 Å². The van der Waals surface area contributed by atoms with Crippen LogP contribution in [0.5, 0.6) is 0 Å². The summed E-state index contributed by atoms with van der Waals surface area (Å²) in [5.74, 6) is -1.11. The van der Waals surface area contributed by atoms with Gasteiger partial charge >= 0.3 is 0 Å². The molecule has 3 fully saturated rings. The zero-order valence-electron chi connectivity index (χ0n) is 26.7. The van der Waals surface area contributed by atoms with Gasteiger partial charge in [-0.05, 0) is 59.9 Å². The molecule has 0 amide bonds. The average molecular weight is 676 g/mol. The molecule has 0 bridgehead atoms. The Labute approximate surface area is 286 Å². The molecular weight excluding hydrogens is 634 g/mol. The van der Waals surface area contributed by atoms with Crippen molar-refractivity contribution in [2.45, 2.75) is 74.7 Å². The molecule has 1 aromatic heterocycles. The van der Waals surface area contributed by atoms with Gasteiger partial charge in [0.25, 0.3) is 0 Å². The van der Waals surface area contributed by atoms with Crippen molar-refractivity contribution in [1.82, 2.24) is 9.88 Å². The van der Waals surface area contributed by atoms with Crippen molar-refractivity contribution in [3.05, 3.63) is 129 Å². The summed E-state index contributed by atoms with van der Waals surface area (Å²) in [6, 6.07) is 26.8. The molecule has 3 heterocycles. The van der Waals surface area contributed by atoms with E-state index in [0.29, 0.717) is 16.8 Å². The van der Waals surface area contributed by atoms with Crippen molar-refractivity contribution in [1.29, 1.82) is 0 Å². The number of nitrogens with zero attached hydrogens (tertiary/aromatic N) is 2. The molecule has 1 aliphatic carbocycles. The number of nitrogen functional groups attached to an aromatic ring is 1. The van der Waals surface area contributed by atoms with Crippen LogP contribution >= 0.6 is 23.2 Å². The van der Waals surface area contributed by atoms with Crippen molar-refractivity contribution >= 4 is 28.9 Å². The Morgan fingerprint density at radius 3 is 2.21 bits per heavy atom. The maximum absolute atomic E-state index is 16.5. The summed E-state index contributed by atoms with van der Waals surface area (Å²) in [6.07, 6.45) is 4.55. The van der Waals surface area contributed by atoms with Crippen molar-refractivity contribution in [3.63, 3.8) is 0 Å². The highest BCUT2D eigenvalue weighted by atomic mass is 35.5. The summed E-state index contributed by atoms with van der Waals surface area (Å²) in [5, 5.41) is 0.313. The zero-order chi connectivity index (χ0) is 33.0. The summed E-state index contributed by atoms with van der Waals surface area (Å²) in [5.41, 5.74) is 16.7. The van der Waals surface area contributed by atoms with Gasteiger partial charge in [0, 0.05) is 34.9 Å². The molecule has 6 nitrogen and oxygen atoms in total. The minimum Gasteiger partial charge on any atom is -0.398 e. The van der Waals surface area contributed by atoms with Gasteiger partial charge in [0.1, 0.15) is 23.9 Å². The number of anilines is 1. The van der Waals surface area contributed by atoms with E-state index < -0.39 is 28.9 Å². The largest absolute Gasteiger partial charge is 0.398 e. The maximum atomic E-state index is 16.5. The van der Waals surface area contributed by atoms with E-state index in [9.17, 15) is 0 Å². The Kier molecular flexibility index (Phi) is 8.61. The lowest BCUT2D eigenvalue weighted by molar-refractivity contribution is -0.175.